The Kier molecular flexibility index (Phi) is 19.9. The molecule has 0 heterocycles. The lowest BCUT2D eigenvalue weighted by Crippen LogP contribution is -3.11. The lowest BCUT2D eigenvalue weighted by molar-refractivity contribution is -0.894. The molecule has 1 aromatic carbocycles. The molecule has 0 amide bonds. The second kappa shape index (κ2) is 15.0. The fourth-order valence-electron chi connectivity index (χ4n) is 1.17. The highest BCUT2D eigenvalue weighted by molar-refractivity contribution is 7.58. The summed E-state index contributed by atoms with van der Waals surface area (Å²) >= 11 is 4.81. The van der Waals surface area contributed by atoms with E-state index in [1.807, 2.05) is 30.3 Å². The Labute approximate surface area is 118 Å². The van der Waals surface area contributed by atoms with E-state index in [1.165, 1.54) is 19.6 Å². The normalized spacial score (nSPS) is 8.25. The third-order valence-electron chi connectivity index (χ3n) is 2.24. The molecule has 1 aromatic rings. The Bertz CT molecular complexity index is 210. The first-order chi connectivity index (χ1) is 6.74. The minimum absolute atomic E-state index is 0. The molecule has 0 atom stereocenters. The van der Waals surface area contributed by atoms with Crippen LogP contribution in [0.4, 0.5) is 0 Å². The van der Waals surface area contributed by atoms with Gasteiger partial charge in [0, 0.05) is 0 Å². The molecule has 0 unspecified atom stereocenters. The van der Waals surface area contributed by atoms with Gasteiger partial charge in [0.05, 0.1) is 19.6 Å². The molecule has 1 rings (SSSR count). The first-order valence-corrected chi connectivity index (χ1v) is 5.71. The van der Waals surface area contributed by atoms with Crippen LogP contribution in [0.1, 0.15) is 20.8 Å². The highest BCUT2D eigenvalue weighted by Crippen LogP contribution is 1.92. The Morgan fingerprint density at radius 1 is 0.938 bits per heavy atom. The highest BCUT2D eigenvalue weighted by atomic mass is 35.5. The quantitative estimate of drug-likeness (QED) is 0.694. The number of rotatable bonds is 3. The molecule has 0 spiro atoms. The average molecular weight is 283 g/mol. The van der Waals surface area contributed by atoms with Gasteiger partial charge in [0.1, 0.15) is 0 Å². The van der Waals surface area contributed by atoms with E-state index >= 15 is 0 Å². The minimum atomic E-state index is 0. The number of quaternary nitrogens is 1. The van der Waals surface area contributed by atoms with Crippen molar-refractivity contribution >= 4 is 25.0 Å². The Morgan fingerprint density at radius 2 is 1.31 bits per heavy atom. The lowest BCUT2D eigenvalue weighted by atomic mass is 10.4. The van der Waals surface area contributed by atoms with E-state index in [9.17, 15) is 0 Å². The number of nitrogens with one attached hydrogen (secondary N) is 1. The van der Waals surface area contributed by atoms with E-state index in [-0.39, 0.29) is 24.8 Å². The molecular weight excluding hydrogens is 261 g/mol. The van der Waals surface area contributed by atoms with E-state index in [2.05, 4.69) is 20.8 Å². The maximum absolute atomic E-state index is 4.81. The van der Waals surface area contributed by atoms with Crippen molar-refractivity contribution in [3.05, 3.63) is 30.3 Å². The number of halogens is 2. The largest absolute Gasteiger partial charge is 1.00 e. The number of hydrogen-bond donors (Lipinski definition) is 1. The summed E-state index contributed by atoms with van der Waals surface area (Å²) in [6.45, 7) is 10.5. The monoisotopic (exact) mass is 282 g/mol. The van der Waals surface area contributed by atoms with Gasteiger partial charge in [0.2, 0.25) is 0 Å². The van der Waals surface area contributed by atoms with E-state index in [1.54, 1.807) is 4.90 Å². The Hall–Kier alpha value is -0.0200. The van der Waals surface area contributed by atoms with Gasteiger partial charge in [-0.1, -0.05) is 30.3 Å². The van der Waals surface area contributed by atoms with Crippen molar-refractivity contribution < 1.29 is 17.3 Å². The minimum Gasteiger partial charge on any atom is -1.00 e. The molecule has 16 heavy (non-hydrogen) atoms. The summed E-state index contributed by atoms with van der Waals surface area (Å²) in [5.74, 6) is 0. The van der Waals surface area contributed by atoms with Crippen LogP contribution in [-0.2, 0) is 12.6 Å². The first-order valence-electron chi connectivity index (χ1n) is 5.30. The van der Waals surface area contributed by atoms with E-state index < -0.39 is 0 Å². The standard InChI is InChI=1S/C6H15N.C6H6S.2ClH/c1-4-7(5-2)6-3;7-6-4-2-1-3-5-6;;/h4-6H2,1-3H3;1-5,7H;2*1H/p-1. The third-order valence-corrected chi connectivity index (χ3v) is 2.52. The molecule has 0 radical (unpaired) electrons. The second-order valence-electron chi connectivity index (χ2n) is 3.12. The van der Waals surface area contributed by atoms with Crippen LogP contribution in [-0.4, -0.2) is 19.6 Å². The van der Waals surface area contributed by atoms with Gasteiger partial charge in [0.25, 0.3) is 0 Å². The molecule has 1 N–H and O–H groups in total. The van der Waals surface area contributed by atoms with Crippen molar-refractivity contribution in [2.24, 2.45) is 0 Å². The van der Waals surface area contributed by atoms with Crippen molar-refractivity contribution in [1.29, 1.82) is 0 Å². The van der Waals surface area contributed by atoms with Gasteiger partial charge in [-0.05, 0) is 20.8 Å². The van der Waals surface area contributed by atoms with Gasteiger partial charge >= 0.3 is 0 Å². The van der Waals surface area contributed by atoms with Crippen LogP contribution in [0.25, 0.3) is 0 Å². The number of benzene rings is 1. The Balaban J connectivity index is -0.000000188. The smallest absolute Gasteiger partial charge is 0.0742 e. The SMILES string of the molecule is CC[NH+](CC)CC.Cl.[Cl-].[S-]c1ccccc1. The maximum atomic E-state index is 4.81. The van der Waals surface area contributed by atoms with Crippen molar-refractivity contribution in [3.8, 4) is 0 Å². The summed E-state index contributed by atoms with van der Waals surface area (Å²) in [5, 5.41) is 0. The predicted molar refractivity (Wildman–Crippen MR) is 71.9 cm³/mol. The molecule has 96 valence electrons. The van der Waals surface area contributed by atoms with Crippen molar-refractivity contribution in [2.45, 2.75) is 25.7 Å². The van der Waals surface area contributed by atoms with Gasteiger partial charge in [-0.25, -0.2) is 0 Å². The zero-order chi connectivity index (χ0) is 10.8. The molecule has 0 aliphatic carbocycles. The number of hydrogen-bond acceptors (Lipinski definition) is 1. The Morgan fingerprint density at radius 3 is 1.44 bits per heavy atom. The van der Waals surface area contributed by atoms with E-state index in [0.717, 1.165) is 4.90 Å². The summed E-state index contributed by atoms with van der Waals surface area (Å²) in [7, 11) is 0. The topological polar surface area (TPSA) is 4.44 Å². The molecule has 0 aromatic heterocycles. The molecule has 0 saturated carbocycles. The summed E-state index contributed by atoms with van der Waals surface area (Å²) in [5.41, 5.74) is 0. The zero-order valence-corrected chi connectivity index (χ0v) is 12.6. The molecule has 4 heteroatoms. The van der Waals surface area contributed by atoms with Crippen LogP contribution in [0.2, 0.25) is 0 Å². The predicted octanol–water partition coefficient (Wildman–Crippen LogP) is -1.05. The molecule has 0 aliphatic heterocycles. The van der Waals surface area contributed by atoms with Gasteiger partial charge in [0.15, 0.2) is 0 Å². The molecule has 0 aliphatic rings. The van der Waals surface area contributed by atoms with Crippen LogP contribution in [0.5, 0.6) is 0 Å². The van der Waals surface area contributed by atoms with Gasteiger partial charge < -0.3 is 29.9 Å². The first kappa shape index (κ1) is 21.3. The van der Waals surface area contributed by atoms with Crippen LogP contribution < -0.4 is 17.3 Å². The van der Waals surface area contributed by atoms with Crippen molar-refractivity contribution in [2.75, 3.05) is 19.6 Å². The maximum Gasteiger partial charge on any atom is 0.0742 e. The van der Waals surface area contributed by atoms with Crippen molar-refractivity contribution in [1.82, 2.24) is 0 Å². The molecule has 0 saturated heterocycles. The molecule has 0 fully saturated rings. The average Bonchev–Trinajstić information content (AvgIpc) is 2.22. The summed E-state index contributed by atoms with van der Waals surface area (Å²) in [6, 6.07) is 9.62. The zero-order valence-electron chi connectivity index (χ0n) is 10.2. The third kappa shape index (κ3) is 12.1. The molecular formula is C12H22Cl2NS-. The molecule has 1 nitrogen and oxygen atoms in total. The van der Waals surface area contributed by atoms with Crippen LogP contribution in [0, 0.1) is 0 Å². The van der Waals surface area contributed by atoms with E-state index in [4.69, 9.17) is 12.6 Å². The summed E-state index contributed by atoms with van der Waals surface area (Å²) < 4.78 is 0. The van der Waals surface area contributed by atoms with Crippen LogP contribution >= 0.6 is 12.4 Å². The summed E-state index contributed by atoms with van der Waals surface area (Å²) in [6.07, 6.45) is 0. The van der Waals surface area contributed by atoms with E-state index in [0.29, 0.717) is 0 Å². The fraction of sp³-hybridized carbons (Fsp3) is 0.500. The second-order valence-corrected chi connectivity index (χ2v) is 3.60. The molecule has 0 bridgehead atoms. The van der Waals surface area contributed by atoms with Crippen molar-refractivity contribution in [3.63, 3.8) is 0 Å². The fourth-order valence-corrected chi connectivity index (χ4v) is 1.33. The van der Waals surface area contributed by atoms with Crippen LogP contribution in [0.3, 0.4) is 0 Å². The summed E-state index contributed by atoms with van der Waals surface area (Å²) in [4.78, 5) is 2.59. The lowest BCUT2D eigenvalue weighted by Gasteiger charge is -2.10. The van der Waals surface area contributed by atoms with Crippen LogP contribution in [0.15, 0.2) is 35.2 Å². The van der Waals surface area contributed by atoms with Gasteiger partial charge in [-0.2, -0.15) is 4.90 Å². The van der Waals surface area contributed by atoms with Gasteiger partial charge in [-0.15, -0.1) is 12.4 Å². The van der Waals surface area contributed by atoms with Gasteiger partial charge in [-0.3, -0.25) is 0 Å². The highest BCUT2D eigenvalue weighted by Gasteiger charge is 1.92.